The molecule has 1 rings (SSSR count). The van der Waals surface area contributed by atoms with Crippen molar-refractivity contribution in [2.75, 3.05) is 0 Å². The first-order valence-corrected chi connectivity index (χ1v) is 6.60. The molecule has 1 heterocycles. The summed E-state index contributed by atoms with van der Waals surface area (Å²) in [5, 5.41) is 28.8. The second-order valence-corrected chi connectivity index (χ2v) is 5.78. The van der Waals surface area contributed by atoms with Gasteiger partial charge in [-0.05, 0) is 40.5 Å². The zero-order valence-electron chi connectivity index (χ0n) is 11.7. The largest absolute Gasteiger partial charge is 0.393 e. The molecule has 0 aromatic carbocycles. The summed E-state index contributed by atoms with van der Waals surface area (Å²) in [4.78, 5) is 0. The maximum Gasteiger partial charge on any atom is 0.184 e. The van der Waals surface area contributed by atoms with Crippen molar-refractivity contribution in [2.45, 2.75) is 83.3 Å². The van der Waals surface area contributed by atoms with E-state index in [0.29, 0.717) is 12.8 Å². The Hall–Kier alpha value is -0.200. The van der Waals surface area contributed by atoms with Crippen LogP contribution in [0.5, 0.6) is 0 Å². The molecule has 0 bridgehead atoms. The molecule has 5 nitrogen and oxygen atoms in total. The van der Waals surface area contributed by atoms with Gasteiger partial charge in [-0.1, -0.05) is 0 Å². The lowest BCUT2D eigenvalue weighted by Crippen LogP contribution is -2.54. The Morgan fingerprint density at radius 3 is 2.44 bits per heavy atom. The molecule has 0 aromatic rings. The van der Waals surface area contributed by atoms with Crippen LogP contribution in [-0.4, -0.2) is 51.6 Å². The van der Waals surface area contributed by atoms with Crippen molar-refractivity contribution in [1.82, 2.24) is 0 Å². The van der Waals surface area contributed by atoms with Crippen LogP contribution in [0.2, 0.25) is 0 Å². The van der Waals surface area contributed by atoms with E-state index in [-0.39, 0.29) is 18.6 Å². The van der Waals surface area contributed by atoms with Gasteiger partial charge >= 0.3 is 0 Å². The Morgan fingerprint density at radius 1 is 1.28 bits per heavy atom. The summed E-state index contributed by atoms with van der Waals surface area (Å²) in [6, 6.07) is 0. The van der Waals surface area contributed by atoms with E-state index in [2.05, 4.69) is 0 Å². The van der Waals surface area contributed by atoms with Crippen molar-refractivity contribution in [3.63, 3.8) is 0 Å². The number of hydrogen-bond donors (Lipinski definition) is 3. The third-order valence-corrected chi connectivity index (χ3v) is 3.36. The molecule has 18 heavy (non-hydrogen) atoms. The first-order valence-electron chi connectivity index (χ1n) is 6.60. The lowest BCUT2D eigenvalue weighted by atomic mass is 9.92. The highest BCUT2D eigenvalue weighted by Gasteiger charge is 2.42. The zero-order valence-corrected chi connectivity index (χ0v) is 11.7. The predicted molar refractivity (Wildman–Crippen MR) is 67.0 cm³/mol. The SMILES string of the molecule is CC(O)CC[C@@H](C)OC1OC(C)(C)C(O)CC1O. The number of ether oxygens (including phenoxy) is 2. The third kappa shape index (κ3) is 4.48. The molecule has 108 valence electrons. The Morgan fingerprint density at radius 2 is 1.89 bits per heavy atom. The average molecular weight is 262 g/mol. The summed E-state index contributed by atoms with van der Waals surface area (Å²) in [6.07, 6.45) is -1.09. The summed E-state index contributed by atoms with van der Waals surface area (Å²) in [5.41, 5.74) is -0.714. The molecule has 0 amide bonds. The van der Waals surface area contributed by atoms with Crippen LogP contribution in [0.3, 0.4) is 0 Å². The van der Waals surface area contributed by atoms with Crippen molar-refractivity contribution < 1.29 is 24.8 Å². The highest BCUT2D eigenvalue weighted by molar-refractivity contribution is 4.88. The predicted octanol–water partition coefficient (Wildman–Crippen LogP) is 0.799. The number of rotatable bonds is 5. The molecule has 0 aromatic heterocycles. The van der Waals surface area contributed by atoms with Gasteiger partial charge in [-0.15, -0.1) is 0 Å². The van der Waals surface area contributed by atoms with E-state index in [1.807, 2.05) is 6.92 Å². The van der Waals surface area contributed by atoms with Gasteiger partial charge in [0.2, 0.25) is 0 Å². The van der Waals surface area contributed by atoms with Gasteiger partial charge in [-0.3, -0.25) is 0 Å². The first-order chi connectivity index (χ1) is 8.22. The molecule has 0 aliphatic carbocycles. The van der Waals surface area contributed by atoms with Gasteiger partial charge in [-0.2, -0.15) is 0 Å². The van der Waals surface area contributed by atoms with Gasteiger partial charge in [0.25, 0.3) is 0 Å². The Kier molecular flexibility index (Phi) is 5.55. The average Bonchev–Trinajstić information content (AvgIpc) is 2.23. The van der Waals surface area contributed by atoms with Crippen molar-refractivity contribution >= 4 is 0 Å². The molecule has 4 unspecified atom stereocenters. The summed E-state index contributed by atoms with van der Waals surface area (Å²) >= 11 is 0. The molecule has 1 aliphatic heterocycles. The van der Waals surface area contributed by atoms with Crippen LogP contribution in [0.25, 0.3) is 0 Å². The van der Waals surface area contributed by atoms with Crippen LogP contribution in [0.1, 0.15) is 47.0 Å². The quantitative estimate of drug-likeness (QED) is 0.683. The van der Waals surface area contributed by atoms with Gasteiger partial charge in [0, 0.05) is 6.42 Å². The zero-order chi connectivity index (χ0) is 13.9. The second-order valence-electron chi connectivity index (χ2n) is 5.78. The van der Waals surface area contributed by atoms with Crippen LogP contribution in [0.4, 0.5) is 0 Å². The van der Waals surface area contributed by atoms with E-state index < -0.39 is 24.1 Å². The molecule has 5 heteroatoms. The van der Waals surface area contributed by atoms with Crippen LogP contribution < -0.4 is 0 Å². The highest BCUT2D eigenvalue weighted by Crippen LogP contribution is 2.30. The van der Waals surface area contributed by atoms with E-state index in [4.69, 9.17) is 9.47 Å². The Balaban J connectivity index is 2.45. The van der Waals surface area contributed by atoms with Crippen LogP contribution in [0.15, 0.2) is 0 Å². The fourth-order valence-electron chi connectivity index (χ4n) is 1.97. The normalized spacial score (nSPS) is 35.2. The standard InChI is InChI=1S/C13H26O5/c1-8(14)5-6-9(2)17-12-10(15)7-11(16)13(3,4)18-12/h8-12,14-16H,5-7H2,1-4H3/t8?,9-,10?,11?,12?/m1/s1. The molecule has 1 saturated heterocycles. The summed E-state index contributed by atoms with van der Waals surface area (Å²) in [7, 11) is 0. The fourth-order valence-corrected chi connectivity index (χ4v) is 1.97. The Bertz CT molecular complexity index is 254. The third-order valence-electron chi connectivity index (χ3n) is 3.36. The summed E-state index contributed by atoms with van der Waals surface area (Å²) in [5.74, 6) is 0. The molecule has 5 atom stereocenters. The lowest BCUT2D eigenvalue weighted by molar-refractivity contribution is -0.304. The second kappa shape index (κ2) is 6.30. The Labute approximate surface area is 109 Å². The number of aliphatic hydroxyl groups is 3. The topological polar surface area (TPSA) is 79.2 Å². The van der Waals surface area contributed by atoms with Crippen LogP contribution >= 0.6 is 0 Å². The lowest BCUT2D eigenvalue weighted by Gasteiger charge is -2.43. The van der Waals surface area contributed by atoms with Crippen LogP contribution in [0, 0.1) is 0 Å². The molecule has 1 fully saturated rings. The molecule has 0 radical (unpaired) electrons. The molecular formula is C13H26O5. The minimum absolute atomic E-state index is 0.106. The molecule has 0 saturated carbocycles. The minimum atomic E-state index is -0.818. The van der Waals surface area contributed by atoms with E-state index in [1.54, 1.807) is 20.8 Å². The van der Waals surface area contributed by atoms with Crippen molar-refractivity contribution in [3.8, 4) is 0 Å². The van der Waals surface area contributed by atoms with Gasteiger partial charge in [0.15, 0.2) is 6.29 Å². The van der Waals surface area contributed by atoms with Crippen LogP contribution in [-0.2, 0) is 9.47 Å². The van der Waals surface area contributed by atoms with E-state index in [0.717, 1.165) is 0 Å². The summed E-state index contributed by atoms with van der Waals surface area (Å²) in [6.45, 7) is 7.18. The van der Waals surface area contributed by atoms with Gasteiger partial charge in [-0.25, -0.2) is 0 Å². The first kappa shape index (κ1) is 15.9. The number of aliphatic hydroxyl groups excluding tert-OH is 3. The highest BCUT2D eigenvalue weighted by atomic mass is 16.7. The number of hydrogen-bond acceptors (Lipinski definition) is 5. The van der Waals surface area contributed by atoms with Crippen molar-refractivity contribution in [1.29, 1.82) is 0 Å². The van der Waals surface area contributed by atoms with Crippen molar-refractivity contribution in [3.05, 3.63) is 0 Å². The monoisotopic (exact) mass is 262 g/mol. The fraction of sp³-hybridized carbons (Fsp3) is 1.00. The van der Waals surface area contributed by atoms with E-state index in [9.17, 15) is 15.3 Å². The van der Waals surface area contributed by atoms with Gasteiger partial charge < -0.3 is 24.8 Å². The van der Waals surface area contributed by atoms with E-state index >= 15 is 0 Å². The maximum absolute atomic E-state index is 9.84. The smallest absolute Gasteiger partial charge is 0.184 e. The van der Waals surface area contributed by atoms with Gasteiger partial charge in [0.05, 0.1) is 23.9 Å². The molecule has 0 spiro atoms. The maximum atomic E-state index is 9.84. The summed E-state index contributed by atoms with van der Waals surface area (Å²) < 4.78 is 11.2. The van der Waals surface area contributed by atoms with Crippen molar-refractivity contribution in [2.24, 2.45) is 0 Å². The molecule has 1 aliphatic rings. The van der Waals surface area contributed by atoms with Gasteiger partial charge in [0.1, 0.15) is 6.10 Å². The minimum Gasteiger partial charge on any atom is -0.393 e. The molecular weight excluding hydrogens is 236 g/mol. The molecule has 3 N–H and O–H groups in total. The van der Waals surface area contributed by atoms with E-state index in [1.165, 1.54) is 0 Å².